The summed E-state index contributed by atoms with van der Waals surface area (Å²) in [5.41, 5.74) is -1.34. The first kappa shape index (κ1) is 44.7. The number of esters is 2. The number of halogens is 2. The molecule has 0 aromatic heterocycles. The Labute approximate surface area is 333 Å². The van der Waals surface area contributed by atoms with E-state index in [-0.39, 0.29) is 47.7 Å². The molecular weight excluding hydrogens is 835 g/mol. The Morgan fingerprint density at radius 2 is 1.19 bits per heavy atom. The third kappa shape index (κ3) is 9.38. The molecule has 0 aromatic rings. The van der Waals surface area contributed by atoms with Crippen LogP contribution in [0.5, 0.6) is 0 Å². The van der Waals surface area contributed by atoms with Gasteiger partial charge in [-0.15, -0.1) is 0 Å². The fourth-order valence-corrected chi connectivity index (χ4v) is 6.79. The van der Waals surface area contributed by atoms with E-state index in [0.29, 0.717) is 36.6 Å². The molecule has 4 aliphatic rings. The quantitative estimate of drug-likeness (QED) is 0.225. The number of ether oxygens (including phenoxy) is 2. The van der Waals surface area contributed by atoms with Crippen molar-refractivity contribution in [2.75, 3.05) is 13.2 Å². The molecule has 4 rings (SSSR count). The van der Waals surface area contributed by atoms with E-state index in [1.54, 1.807) is 0 Å². The van der Waals surface area contributed by atoms with Crippen molar-refractivity contribution in [3.8, 4) is 0 Å². The van der Waals surface area contributed by atoms with E-state index in [9.17, 15) is 9.59 Å². The summed E-state index contributed by atoms with van der Waals surface area (Å²) in [6.07, 6.45) is 6.03. The molecule has 0 radical (unpaired) electrons. The molecule has 2 fully saturated rings. The number of hydrogen-bond acceptors (Lipinski definition) is 9. The van der Waals surface area contributed by atoms with Gasteiger partial charge in [-0.1, -0.05) is 107 Å². The van der Waals surface area contributed by atoms with Crippen LogP contribution in [0.25, 0.3) is 5.32 Å². The molecule has 4 bridgehead atoms. The van der Waals surface area contributed by atoms with Gasteiger partial charge < -0.3 is 19.8 Å². The van der Waals surface area contributed by atoms with Crippen molar-refractivity contribution in [2.45, 2.75) is 148 Å². The summed E-state index contributed by atoms with van der Waals surface area (Å²) in [7, 11) is 0. The molecule has 0 N–H and O–H groups in total. The Hall–Kier alpha value is -1.70. The average molecular weight is 897 g/mol. The van der Waals surface area contributed by atoms with Crippen molar-refractivity contribution in [1.29, 1.82) is 0 Å². The van der Waals surface area contributed by atoms with Gasteiger partial charge >= 0.3 is 51.4 Å². The Morgan fingerprint density at radius 1 is 0.750 bits per heavy atom. The van der Waals surface area contributed by atoms with Crippen LogP contribution in [-0.2, 0) is 30.2 Å². The van der Waals surface area contributed by atoms with Crippen molar-refractivity contribution in [2.24, 2.45) is 57.5 Å². The minimum atomic E-state index is -0.734. The van der Waals surface area contributed by atoms with E-state index in [0.717, 1.165) is 48.2 Å². The molecule has 13 heteroatoms. The van der Waals surface area contributed by atoms with E-state index in [4.69, 9.17) is 39.8 Å². The molecule has 0 amide bonds. The van der Waals surface area contributed by atoms with Crippen molar-refractivity contribution in [1.82, 2.24) is 0 Å². The first-order chi connectivity index (χ1) is 23.9. The van der Waals surface area contributed by atoms with Crippen molar-refractivity contribution < 1.29 is 30.2 Å². The summed E-state index contributed by atoms with van der Waals surface area (Å²) < 4.78 is 10.8. The fraction of sp³-hybridized carbons (Fsp3) is 0.769. The number of allylic oxidation sites excluding steroid dienone is 2. The topological polar surface area (TPSA) is 128 Å². The summed E-state index contributed by atoms with van der Waals surface area (Å²) in [6, 6.07) is -0.402. The van der Waals surface area contributed by atoms with Gasteiger partial charge in [-0.3, -0.25) is 19.6 Å². The van der Waals surface area contributed by atoms with Gasteiger partial charge in [-0.2, -0.15) is 0 Å². The molecule has 10 nitrogen and oxygen atoms in total. The first-order valence-corrected chi connectivity index (χ1v) is 23.6. The van der Waals surface area contributed by atoms with Crippen LogP contribution < -0.4 is 0 Å². The van der Waals surface area contributed by atoms with Crippen molar-refractivity contribution in [3.05, 3.63) is 17.1 Å². The Bertz CT molecular complexity index is 1550. The van der Waals surface area contributed by atoms with Gasteiger partial charge in [0.05, 0.1) is 38.1 Å². The molecule has 0 spiro atoms. The number of amidine groups is 4. The van der Waals surface area contributed by atoms with Crippen LogP contribution in [0.15, 0.2) is 36.7 Å². The molecular formula is C39H61Br2CoN6O4. The molecule has 3 heterocycles. The number of hydrogen-bond donors (Lipinski definition) is 0. The van der Waals surface area contributed by atoms with Gasteiger partial charge in [0, 0.05) is 33.2 Å². The normalized spacial score (nSPS) is 25.8. The molecule has 3 aliphatic heterocycles. The number of aliphatic imine (C=N–C) groups is 5. The van der Waals surface area contributed by atoms with E-state index in [2.05, 4.69) is 89.8 Å². The van der Waals surface area contributed by atoms with Gasteiger partial charge in [0.2, 0.25) is 0 Å². The zero-order chi connectivity index (χ0) is 39.5. The Kier molecular flexibility index (Phi) is 14.6. The fourth-order valence-electron chi connectivity index (χ4n) is 6.79. The SMILES string of the molecule is CCOC(=O)CC(C)(C)C1=N[C@@H]2CCCC[C@H]2N=C(C(C)(C)CC(=O)OCC)N=C2[N-]/C(=C\C3=NC(=N1)C(C)(C)C3(C)C)C(C)(C)C2(C)C.[Br][Co+][Br]. The minimum absolute atomic E-state index is 0.134. The summed E-state index contributed by atoms with van der Waals surface area (Å²) in [4.78, 5) is 52.4. The van der Waals surface area contributed by atoms with Crippen LogP contribution >= 0.6 is 28.3 Å². The van der Waals surface area contributed by atoms with Crippen molar-refractivity contribution in [3.63, 3.8) is 0 Å². The van der Waals surface area contributed by atoms with Crippen LogP contribution in [-0.4, -0.2) is 66.3 Å². The predicted molar refractivity (Wildman–Crippen MR) is 218 cm³/mol. The summed E-state index contributed by atoms with van der Waals surface area (Å²) in [5, 5.41) is 5.24. The van der Waals surface area contributed by atoms with Crippen LogP contribution in [0, 0.1) is 32.5 Å². The van der Waals surface area contributed by atoms with Crippen LogP contribution in [0.2, 0.25) is 0 Å². The third-order valence-corrected chi connectivity index (χ3v) is 11.9. The second-order valence-electron chi connectivity index (χ2n) is 17.6. The standard InChI is InChI=1S/C39H61N6O4.2BrH.Co/c1-15-48-28(46)22-34(3,4)30-40-24-19-17-18-20-25(24)41-31(35(5,6)23-29(47)49-16-2)45-33-39(13,14)37(9,10)27(43-33)21-26-36(7,8)38(11,12)32(42-26)44-30;;;/h21,24-25H,15-20,22-23H2,1-14H3;2*1H;/q-1;;;+3/p-2/t24-,25-;;;/m1.../s1. The molecule has 1 aliphatic carbocycles. The maximum absolute atomic E-state index is 12.9. The molecule has 1 saturated carbocycles. The van der Waals surface area contributed by atoms with E-state index in [1.807, 2.05) is 41.5 Å². The number of carbonyl (C=O) groups is 2. The summed E-state index contributed by atoms with van der Waals surface area (Å²) in [6.45, 7) is 29.8. The summed E-state index contributed by atoms with van der Waals surface area (Å²) in [5.74, 6) is 1.95. The first-order valence-electron chi connectivity index (χ1n) is 18.5. The van der Waals surface area contributed by atoms with Gasteiger partial charge in [0.1, 0.15) is 11.7 Å². The molecule has 0 aromatic carbocycles. The molecule has 0 unspecified atom stereocenters. The second-order valence-corrected chi connectivity index (χ2v) is 22.9. The molecule has 1 saturated heterocycles. The Morgan fingerprint density at radius 3 is 1.63 bits per heavy atom. The molecule has 52 heavy (non-hydrogen) atoms. The van der Waals surface area contributed by atoms with Gasteiger partial charge in [0.25, 0.3) is 0 Å². The van der Waals surface area contributed by atoms with Crippen LogP contribution in [0.3, 0.4) is 0 Å². The number of nitrogens with zero attached hydrogens (tertiary/aromatic N) is 6. The zero-order valence-electron chi connectivity index (χ0n) is 33.8. The second kappa shape index (κ2) is 17.0. The summed E-state index contributed by atoms with van der Waals surface area (Å²) >= 11 is 7.12. The van der Waals surface area contributed by atoms with E-state index in [1.165, 1.54) is 0 Å². The van der Waals surface area contributed by atoms with Crippen molar-refractivity contribution >= 4 is 69.3 Å². The third-order valence-electron chi connectivity index (χ3n) is 11.9. The van der Waals surface area contributed by atoms with E-state index < -0.39 is 21.7 Å². The number of fused-ring (bicyclic) bond motifs is 4. The monoisotopic (exact) mass is 894 g/mol. The Balaban J connectivity index is 0.00000235. The number of carbonyl (C=O) groups excluding carboxylic acids is 2. The molecule has 294 valence electrons. The van der Waals surface area contributed by atoms with Crippen LogP contribution in [0.4, 0.5) is 0 Å². The van der Waals surface area contributed by atoms with Gasteiger partial charge in [0.15, 0.2) is 0 Å². The van der Waals surface area contributed by atoms with Gasteiger partial charge in [-0.05, 0) is 43.6 Å². The maximum atomic E-state index is 12.9. The van der Waals surface area contributed by atoms with Crippen LogP contribution in [0.1, 0.15) is 135 Å². The van der Waals surface area contributed by atoms with E-state index >= 15 is 0 Å². The zero-order valence-corrected chi connectivity index (χ0v) is 38.0. The predicted octanol–water partition coefficient (Wildman–Crippen LogP) is 10.4. The van der Waals surface area contributed by atoms with Gasteiger partial charge in [-0.25, -0.2) is 9.98 Å². The molecule has 2 atom stereocenters. The number of rotatable bonds is 8. The average Bonchev–Trinajstić information content (AvgIpc) is 3.28.